The lowest BCUT2D eigenvalue weighted by Gasteiger charge is -2.28. The highest BCUT2D eigenvalue weighted by molar-refractivity contribution is 6.46. The van der Waals surface area contributed by atoms with Crippen LogP contribution in [0, 0.1) is 6.92 Å². The molecule has 3 aromatic rings. The summed E-state index contributed by atoms with van der Waals surface area (Å²) in [6.07, 6.45) is 0.890. The molecule has 6 nitrogen and oxygen atoms in total. The normalized spacial score (nSPS) is 16.7. The van der Waals surface area contributed by atoms with E-state index in [9.17, 15) is 14.7 Å². The van der Waals surface area contributed by atoms with Gasteiger partial charge in [-0.25, -0.2) is 0 Å². The fourth-order valence-corrected chi connectivity index (χ4v) is 5.01. The second kappa shape index (κ2) is 12.8. The van der Waals surface area contributed by atoms with Crippen LogP contribution >= 0.6 is 0 Å². The molecule has 39 heavy (non-hydrogen) atoms. The highest BCUT2D eigenvalue weighted by Crippen LogP contribution is 2.39. The number of hydrogen-bond donors (Lipinski definition) is 1. The number of aryl methyl sites for hydroxylation is 2. The summed E-state index contributed by atoms with van der Waals surface area (Å²) >= 11 is 0. The number of likely N-dealkylation sites (N-methyl/N-ethyl adjacent to an activating group) is 1. The number of amides is 1. The average Bonchev–Trinajstić information content (AvgIpc) is 3.21. The number of aliphatic hydroxyl groups is 1. The Morgan fingerprint density at radius 3 is 2.23 bits per heavy atom. The number of ether oxygens (including phenoxy) is 1. The second-order valence-electron chi connectivity index (χ2n) is 9.92. The van der Waals surface area contributed by atoms with Gasteiger partial charge >= 0.3 is 0 Å². The third-order valence-electron chi connectivity index (χ3n) is 7.41. The number of aliphatic hydroxyl groups excluding tert-OH is 1. The molecule has 0 aromatic heterocycles. The minimum atomic E-state index is -0.656. The topological polar surface area (TPSA) is 70.1 Å². The van der Waals surface area contributed by atoms with Gasteiger partial charge in [-0.2, -0.15) is 0 Å². The Balaban J connectivity index is 1.64. The summed E-state index contributed by atoms with van der Waals surface area (Å²) in [5.74, 6) is -0.754. The summed E-state index contributed by atoms with van der Waals surface area (Å²) in [6.45, 7) is 11.5. The Kier molecular flexibility index (Phi) is 9.20. The van der Waals surface area contributed by atoms with Crippen LogP contribution in [0.5, 0.6) is 5.75 Å². The number of carbonyl (C=O) groups excluding carboxylic acids is 2. The molecule has 1 amide bonds. The van der Waals surface area contributed by atoms with E-state index < -0.39 is 17.7 Å². The van der Waals surface area contributed by atoms with E-state index in [1.807, 2.05) is 49.4 Å². The minimum absolute atomic E-state index is 0.122. The van der Waals surface area contributed by atoms with Gasteiger partial charge in [-0.15, -0.1) is 0 Å². The summed E-state index contributed by atoms with van der Waals surface area (Å²) in [7, 11) is 0. The number of carbonyl (C=O) groups is 2. The molecule has 1 heterocycles. The fourth-order valence-electron chi connectivity index (χ4n) is 5.01. The van der Waals surface area contributed by atoms with Crippen molar-refractivity contribution in [3.8, 4) is 5.75 Å². The monoisotopic (exact) mass is 526 g/mol. The molecule has 0 unspecified atom stereocenters. The van der Waals surface area contributed by atoms with Gasteiger partial charge < -0.3 is 19.6 Å². The first kappa shape index (κ1) is 28.1. The van der Waals surface area contributed by atoms with Crippen LogP contribution < -0.4 is 4.74 Å². The van der Waals surface area contributed by atoms with Crippen molar-refractivity contribution in [2.75, 3.05) is 26.2 Å². The summed E-state index contributed by atoms with van der Waals surface area (Å²) in [5, 5.41) is 11.4. The Labute approximate surface area is 231 Å². The van der Waals surface area contributed by atoms with Gasteiger partial charge in [-0.3, -0.25) is 9.59 Å². The molecule has 0 aliphatic carbocycles. The van der Waals surface area contributed by atoms with Gasteiger partial charge in [0.2, 0.25) is 0 Å². The zero-order chi connectivity index (χ0) is 27.9. The SMILES string of the molecule is CCc1ccc([C@H]2/C(=C(\O)c3ccc(OCc4cccc(C)c4)cc3)C(=O)C(=O)N2CCN(CC)CC)cc1. The van der Waals surface area contributed by atoms with Gasteiger partial charge in [0.25, 0.3) is 11.7 Å². The molecule has 0 bridgehead atoms. The van der Waals surface area contributed by atoms with Crippen molar-refractivity contribution < 1.29 is 19.4 Å². The Bertz CT molecular complexity index is 1320. The van der Waals surface area contributed by atoms with E-state index in [1.165, 1.54) is 11.1 Å². The van der Waals surface area contributed by atoms with E-state index in [4.69, 9.17) is 4.74 Å². The van der Waals surface area contributed by atoms with E-state index in [0.29, 0.717) is 31.0 Å². The van der Waals surface area contributed by atoms with Crippen LogP contribution in [0.4, 0.5) is 0 Å². The van der Waals surface area contributed by atoms with Gasteiger partial charge in [0.05, 0.1) is 11.6 Å². The summed E-state index contributed by atoms with van der Waals surface area (Å²) in [6, 6.07) is 22.4. The van der Waals surface area contributed by atoms with Crippen LogP contribution in [0.3, 0.4) is 0 Å². The van der Waals surface area contributed by atoms with E-state index >= 15 is 0 Å². The van der Waals surface area contributed by atoms with Crippen LogP contribution in [0.2, 0.25) is 0 Å². The maximum Gasteiger partial charge on any atom is 0.295 e. The van der Waals surface area contributed by atoms with Crippen LogP contribution in [-0.2, 0) is 22.6 Å². The number of nitrogens with zero attached hydrogens (tertiary/aromatic N) is 2. The highest BCUT2D eigenvalue weighted by atomic mass is 16.5. The quantitative estimate of drug-likeness (QED) is 0.191. The molecule has 1 aliphatic heterocycles. The summed E-state index contributed by atoms with van der Waals surface area (Å²) in [4.78, 5) is 30.4. The first-order valence-electron chi connectivity index (χ1n) is 13.7. The molecule has 1 saturated heterocycles. The summed E-state index contributed by atoms with van der Waals surface area (Å²) in [5.41, 5.74) is 4.81. The summed E-state index contributed by atoms with van der Waals surface area (Å²) < 4.78 is 5.92. The van der Waals surface area contributed by atoms with Crippen molar-refractivity contribution >= 4 is 17.4 Å². The maximum atomic E-state index is 13.3. The molecule has 0 radical (unpaired) electrons. The molecule has 6 heteroatoms. The maximum absolute atomic E-state index is 13.3. The molecule has 1 fully saturated rings. The van der Waals surface area contributed by atoms with Crippen molar-refractivity contribution in [3.63, 3.8) is 0 Å². The third-order valence-corrected chi connectivity index (χ3v) is 7.41. The molecular weight excluding hydrogens is 488 g/mol. The molecule has 3 aromatic carbocycles. The van der Waals surface area contributed by atoms with E-state index in [0.717, 1.165) is 30.6 Å². The molecule has 1 N–H and O–H groups in total. The van der Waals surface area contributed by atoms with Crippen LogP contribution in [0.15, 0.2) is 78.4 Å². The lowest BCUT2D eigenvalue weighted by Crippen LogP contribution is -2.38. The Hall–Kier alpha value is -3.90. The average molecular weight is 527 g/mol. The molecule has 204 valence electrons. The van der Waals surface area contributed by atoms with Crippen molar-refractivity contribution in [3.05, 3.63) is 106 Å². The number of Topliss-reactive ketones (excluding diaryl/α,β-unsaturated/α-hetero) is 1. The fraction of sp³-hybridized carbons (Fsp3) is 0.333. The largest absolute Gasteiger partial charge is 0.507 e. The van der Waals surface area contributed by atoms with E-state index in [2.05, 4.69) is 31.7 Å². The molecule has 1 atom stereocenters. The Morgan fingerprint density at radius 1 is 0.923 bits per heavy atom. The highest BCUT2D eigenvalue weighted by Gasteiger charge is 2.45. The van der Waals surface area contributed by atoms with Gasteiger partial charge in [-0.1, -0.05) is 74.9 Å². The minimum Gasteiger partial charge on any atom is -0.507 e. The van der Waals surface area contributed by atoms with Gasteiger partial charge in [-0.05, 0) is 67.4 Å². The van der Waals surface area contributed by atoms with Crippen LogP contribution in [0.25, 0.3) is 5.76 Å². The van der Waals surface area contributed by atoms with Crippen LogP contribution in [-0.4, -0.2) is 52.8 Å². The van der Waals surface area contributed by atoms with Gasteiger partial charge in [0.1, 0.15) is 18.1 Å². The first-order chi connectivity index (χ1) is 18.9. The molecule has 4 rings (SSSR count). The third kappa shape index (κ3) is 6.40. The Morgan fingerprint density at radius 2 is 1.62 bits per heavy atom. The number of ketones is 1. The van der Waals surface area contributed by atoms with Crippen molar-refractivity contribution in [2.45, 2.75) is 46.8 Å². The molecular formula is C33H38N2O4. The van der Waals surface area contributed by atoms with Crippen molar-refractivity contribution in [1.29, 1.82) is 0 Å². The number of likely N-dealkylation sites (tertiary alicyclic amines) is 1. The van der Waals surface area contributed by atoms with E-state index in [-0.39, 0.29) is 11.3 Å². The molecule has 0 spiro atoms. The molecule has 0 saturated carbocycles. The smallest absolute Gasteiger partial charge is 0.295 e. The lowest BCUT2D eigenvalue weighted by atomic mass is 9.94. The van der Waals surface area contributed by atoms with Gasteiger partial charge in [0.15, 0.2) is 0 Å². The standard InChI is InChI=1S/C33H38N2O4/c1-5-24-11-13-26(14-12-24)30-29(32(37)33(38)35(30)20-19-34(6-2)7-3)31(36)27-15-17-28(18-16-27)39-22-25-10-8-9-23(4)21-25/h8-18,21,30,36H,5-7,19-20,22H2,1-4H3/b31-29+/t30-/m0/s1. The molecule has 1 aliphatic rings. The van der Waals surface area contributed by atoms with Crippen molar-refractivity contribution in [1.82, 2.24) is 9.80 Å². The van der Waals surface area contributed by atoms with Gasteiger partial charge in [0, 0.05) is 18.7 Å². The predicted octanol–water partition coefficient (Wildman–Crippen LogP) is 5.90. The number of benzene rings is 3. The number of rotatable bonds is 11. The van der Waals surface area contributed by atoms with Crippen LogP contribution in [0.1, 0.15) is 54.6 Å². The first-order valence-corrected chi connectivity index (χ1v) is 13.7. The second-order valence-corrected chi connectivity index (χ2v) is 9.92. The predicted molar refractivity (Wildman–Crippen MR) is 155 cm³/mol. The zero-order valence-electron chi connectivity index (χ0n) is 23.3. The lowest BCUT2D eigenvalue weighted by molar-refractivity contribution is -0.140. The van der Waals surface area contributed by atoms with Crippen molar-refractivity contribution in [2.24, 2.45) is 0 Å². The zero-order valence-corrected chi connectivity index (χ0v) is 23.3. The van der Waals surface area contributed by atoms with E-state index in [1.54, 1.807) is 29.2 Å². The number of hydrogen-bond acceptors (Lipinski definition) is 5.